The Morgan fingerprint density at radius 1 is 0.909 bits per heavy atom. The topological polar surface area (TPSA) is 158 Å². The van der Waals surface area contributed by atoms with Gasteiger partial charge < -0.3 is 11.1 Å². The van der Waals surface area contributed by atoms with E-state index in [0.29, 0.717) is 25.2 Å². The van der Waals surface area contributed by atoms with Crippen LogP contribution in [0.2, 0.25) is 0 Å². The van der Waals surface area contributed by atoms with Crippen molar-refractivity contribution in [1.82, 2.24) is 9.97 Å². The standard InChI is InChI=1S/C22H27N5O4S2/c1-15-6-5-7-19(16(15)2)20-14-21(27-22(23)26-20)25-12-3-4-13-32(28,29)17-8-10-18(11-9-17)33(24,30)31/h5-11,14H,3-4,12-13H2,1-2H3,(H2,24,30,31)(H3,23,25,26,27). The molecule has 1 heterocycles. The second-order valence-electron chi connectivity index (χ2n) is 7.71. The second-order valence-corrected chi connectivity index (χ2v) is 11.4. The van der Waals surface area contributed by atoms with Gasteiger partial charge in [-0.15, -0.1) is 0 Å². The third-order valence-electron chi connectivity index (χ3n) is 5.28. The quantitative estimate of drug-likeness (QED) is 0.387. The number of sulfonamides is 1. The first-order chi connectivity index (χ1) is 15.5. The maximum atomic E-state index is 12.5. The van der Waals surface area contributed by atoms with Crippen LogP contribution in [0.15, 0.2) is 58.3 Å². The van der Waals surface area contributed by atoms with Crippen molar-refractivity contribution in [3.8, 4) is 11.3 Å². The Kier molecular flexibility index (Phi) is 7.35. The molecule has 0 amide bonds. The number of rotatable bonds is 9. The van der Waals surface area contributed by atoms with Crippen LogP contribution in [0.5, 0.6) is 0 Å². The van der Waals surface area contributed by atoms with Crippen LogP contribution in [0.1, 0.15) is 24.0 Å². The van der Waals surface area contributed by atoms with Crippen LogP contribution < -0.4 is 16.2 Å². The Labute approximate surface area is 194 Å². The van der Waals surface area contributed by atoms with E-state index in [-0.39, 0.29) is 21.5 Å². The summed E-state index contributed by atoms with van der Waals surface area (Å²) in [6.45, 7) is 4.56. The van der Waals surface area contributed by atoms with Gasteiger partial charge in [0.2, 0.25) is 16.0 Å². The highest BCUT2D eigenvalue weighted by Crippen LogP contribution is 2.26. The molecule has 33 heavy (non-hydrogen) atoms. The van der Waals surface area contributed by atoms with Crippen molar-refractivity contribution in [2.45, 2.75) is 36.5 Å². The molecule has 0 aliphatic carbocycles. The number of primary sulfonamides is 1. The third kappa shape index (κ3) is 6.28. The number of nitrogens with two attached hydrogens (primary N) is 2. The highest BCUT2D eigenvalue weighted by atomic mass is 32.2. The highest BCUT2D eigenvalue weighted by Gasteiger charge is 2.16. The van der Waals surface area contributed by atoms with Crippen LogP contribution in [0.25, 0.3) is 11.3 Å². The summed E-state index contributed by atoms with van der Waals surface area (Å²) in [5.41, 5.74) is 9.85. The van der Waals surface area contributed by atoms with E-state index in [9.17, 15) is 16.8 Å². The Hall–Kier alpha value is -3.02. The van der Waals surface area contributed by atoms with Gasteiger partial charge >= 0.3 is 0 Å². The van der Waals surface area contributed by atoms with E-state index < -0.39 is 19.9 Å². The fourth-order valence-corrected chi connectivity index (χ4v) is 5.20. The number of aryl methyl sites for hydroxylation is 1. The van der Waals surface area contributed by atoms with Gasteiger partial charge in [-0.3, -0.25) is 0 Å². The smallest absolute Gasteiger partial charge is 0.238 e. The zero-order valence-corrected chi connectivity index (χ0v) is 20.1. The van der Waals surface area contributed by atoms with E-state index in [1.807, 2.05) is 38.1 Å². The molecule has 3 aromatic rings. The number of hydrogen-bond acceptors (Lipinski definition) is 8. The van der Waals surface area contributed by atoms with Gasteiger partial charge in [-0.2, -0.15) is 4.98 Å². The van der Waals surface area contributed by atoms with Crippen molar-refractivity contribution < 1.29 is 16.8 Å². The lowest BCUT2D eigenvalue weighted by atomic mass is 10.0. The largest absolute Gasteiger partial charge is 0.370 e. The third-order valence-corrected chi connectivity index (χ3v) is 8.03. The number of unbranched alkanes of at least 4 members (excludes halogenated alkanes) is 1. The van der Waals surface area contributed by atoms with Crippen molar-refractivity contribution in [3.05, 3.63) is 59.7 Å². The van der Waals surface area contributed by atoms with Crippen LogP contribution in [0.3, 0.4) is 0 Å². The average Bonchev–Trinajstić information content (AvgIpc) is 2.74. The van der Waals surface area contributed by atoms with Crippen molar-refractivity contribution >= 4 is 31.6 Å². The maximum Gasteiger partial charge on any atom is 0.238 e. The van der Waals surface area contributed by atoms with E-state index in [4.69, 9.17) is 10.9 Å². The summed E-state index contributed by atoms with van der Waals surface area (Å²) in [5, 5.41) is 8.22. The van der Waals surface area contributed by atoms with Gasteiger partial charge in [0.1, 0.15) is 5.82 Å². The molecule has 0 unspecified atom stereocenters. The molecule has 11 heteroatoms. The van der Waals surface area contributed by atoms with E-state index in [1.54, 1.807) is 0 Å². The predicted molar refractivity (Wildman–Crippen MR) is 129 cm³/mol. The summed E-state index contributed by atoms with van der Waals surface area (Å²) in [4.78, 5) is 8.48. The number of nitrogens with zero attached hydrogens (tertiary/aromatic N) is 2. The Morgan fingerprint density at radius 2 is 1.58 bits per heavy atom. The molecule has 0 saturated heterocycles. The maximum absolute atomic E-state index is 12.5. The molecule has 2 aromatic carbocycles. The lowest BCUT2D eigenvalue weighted by Crippen LogP contribution is -2.13. The highest BCUT2D eigenvalue weighted by molar-refractivity contribution is 7.91. The summed E-state index contributed by atoms with van der Waals surface area (Å²) >= 11 is 0. The number of sulfone groups is 1. The van der Waals surface area contributed by atoms with Gasteiger partial charge in [0, 0.05) is 18.2 Å². The Morgan fingerprint density at radius 3 is 2.24 bits per heavy atom. The van der Waals surface area contributed by atoms with Crippen LogP contribution in [-0.2, 0) is 19.9 Å². The minimum absolute atomic E-state index is 0.0598. The minimum atomic E-state index is -3.87. The second kappa shape index (κ2) is 9.86. The molecule has 0 spiro atoms. The van der Waals surface area contributed by atoms with Gasteiger partial charge in [-0.05, 0) is 62.1 Å². The fourth-order valence-electron chi connectivity index (χ4n) is 3.31. The molecule has 0 aliphatic rings. The minimum Gasteiger partial charge on any atom is -0.370 e. The first kappa shape index (κ1) is 24.6. The SMILES string of the molecule is Cc1cccc(-c2cc(NCCCCS(=O)(=O)c3ccc(S(N)(=O)=O)cc3)nc(N)n2)c1C. The van der Waals surface area contributed by atoms with Crippen LogP contribution in [0.4, 0.5) is 11.8 Å². The number of nitrogens with one attached hydrogen (secondary N) is 1. The summed E-state index contributed by atoms with van der Waals surface area (Å²) in [5.74, 6) is 0.657. The molecule has 176 valence electrons. The molecule has 0 saturated carbocycles. The van der Waals surface area contributed by atoms with Gasteiger partial charge in [-0.25, -0.2) is 27.0 Å². The number of nitrogen functional groups attached to an aromatic ring is 1. The van der Waals surface area contributed by atoms with Crippen LogP contribution in [-0.4, -0.2) is 39.1 Å². The molecule has 3 rings (SSSR count). The monoisotopic (exact) mass is 489 g/mol. The van der Waals surface area contributed by atoms with Crippen molar-refractivity contribution in [1.29, 1.82) is 0 Å². The summed E-state index contributed by atoms with van der Waals surface area (Å²) in [6.07, 6.45) is 0.994. The van der Waals surface area contributed by atoms with Crippen molar-refractivity contribution in [2.24, 2.45) is 5.14 Å². The number of anilines is 2. The fraction of sp³-hybridized carbons (Fsp3) is 0.273. The zero-order chi connectivity index (χ0) is 24.2. The van der Waals surface area contributed by atoms with Gasteiger partial charge in [0.25, 0.3) is 0 Å². The first-order valence-corrected chi connectivity index (χ1v) is 13.5. The first-order valence-electron chi connectivity index (χ1n) is 10.3. The summed E-state index contributed by atoms with van der Waals surface area (Å²) in [6, 6.07) is 12.7. The molecule has 9 nitrogen and oxygen atoms in total. The van der Waals surface area contributed by atoms with E-state index in [0.717, 1.165) is 22.4 Å². The molecular formula is C22H27N5O4S2. The van der Waals surface area contributed by atoms with E-state index in [2.05, 4.69) is 15.3 Å². The predicted octanol–water partition coefficient (Wildman–Crippen LogP) is 2.66. The number of hydrogen-bond donors (Lipinski definition) is 3. The van der Waals surface area contributed by atoms with Crippen LogP contribution in [0, 0.1) is 13.8 Å². The van der Waals surface area contributed by atoms with Crippen molar-refractivity contribution in [3.63, 3.8) is 0 Å². The molecule has 0 radical (unpaired) electrons. The van der Waals surface area contributed by atoms with Crippen LogP contribution >= 0.6 is 0 Å². The molecule has 1 aromatic heterocycles. The lowest BCUT2D eigenvalue weighted by molar-refractivity contribution is 0.590. The zero-order valence-electron chi connectivity index (χ0n) is 18.4. The summed E-state index contributed by atoms with van der Waals surface area (Å²) < 4.78 is 47.6. The lowest BCUT2D eigenvalue weighted by Gasteiger charge is -2.11. The van der Waals surface area contributed by atoms with E-state index >= 15 is 0 Å². The Bertz CT molecular complexity index is 1360. The van der Waals surface area contributed by atoms with Gasteiger partial charge in [0.15, 0.2) is 9.84 Å². The average molecular weight is 490 g/mol. The molecule has 5 N–H and O–H groups in total. The van der Waals surface area contributed by atoms with Crippen molar-refractivity contribution in [2.75, 3.05) is 23.3 Å². The van der Waals surface area contributed by atoms with E-state index in [1.165, 1.54) is 24.3 Å². The summed E-state index contributed by atoms with van der Waals surface area (Å²) in [7, 11) is -7.40. The van der Waals surface area contributed by atoms with Gasteiger partial charge in [-0.1, -0.05) is 18.2 Å². The molecular weight excluding hydrogens is 462 g/mol. The Balaban J connectivity index is 1.58. The normalized spacial score (nSPS) is 12.0. The number of aromatic nitrogens is 2. The van der Waals surface area contributed by atoms with Gasteiger partial charge in [0.05, 0.1) is 21.2 Å². The number of benzene rings is 2. The molecule has 0 bridgehead atoms. The molecule has 0 aliphatic heterocycles. The molecule has 0 atom stereocenters. The molecule has 0 fully saturated rings.